The van der Waals surface area contributed by atoms with Crippen molar-refractivity contribution in [1.82, 2.24) is 4.57 Å². The van der Waals surface area contributed by atoms with E-state index in [9.17, 15) is 0 Å². The van der Waals surface area contributed by atoms with Crippen LogP contribution < -0.4 is 0 Å². The summed E-state index contributed by atoms with van der Waals surface area (Å²) in [6, 6.07) is 126. The molecule has 0 aliphatic carbocycles. The third-order valence-corrected chi connectivity index (χ3v) is 19.6. The molecule has 19 aromatic rings. The molecule has 0 amide bonds. The monoisotopic (exact) mass is 1210 g/mol. The lowest BCUT2D eigenvalue weighted by Crippen LogP contribution is -1.94. The van der Waals surface area contributed by atoms with E-state index in [1.54, 1.807) is 0 Å². The average Bonchev–Trinajstić information content (AvgIpc) is 1.76. The van der Waals surface area contributed by atoms with Crippen LogP contribution in [0.1, 0.15) is 0 Å². The lowest BCUT2D eigenvalue weighted by atomic mass is 9.85. The SMILES string of the molecule is c1ccc(-c2ccc3oc4c(-c5ccc6c(c5)c5cc(-c7cc(-c8ccccc8)cc8c7oc7ccc(-c9ccccc9)cc78)ccc5n6-c5ccc(-c6ccc7c(-c8ccccc8)c8ccccc8c(-c8ccccc8)c7c6)cc5)cc(-c5ccccc5)cc4c3c2)cc1. The van der Waals surface area contributed by atoms with Gasteiger partial charge in [0, 0.05) is 49.1 Å². The Kier molecular flexibility index (Phi) is 12.6. The van der Waals surface area contributed by atoms with Crippen LogP contribution in [0.15, 0.2) is 355 Å². The van der Waals surface area contributed by atoms with Crippen LogP contribution in [0.25, 0.3) is 193 Å². The van der Waals surface area contributed by atoms with Gasteiger partial charge in [-0.1, -0.05) is 255 Å². The zero-order valence-electron chi connectivity index (χ0n) is 51.7. The fourth-order valence-electron chi connectivity index (χ4n) is 15.0. The van der Waals surface area contributed by atoms with E-state index in [-0.39, 0.29) is 0 Å². The van der Waals surface area contributed by atoms with E-state index in [0.29, 0.717) is 0 Å². The normalized spacial score (nSPS) is 11.8. The molecule has 95 heavy (non-hydrogen) atoms. The van der Waals surface area contributed by atoms with Crippen molar-refractivity contribution in [3.05, 3.63) is 346 Å². The summed E-state index contributed by atoms with van der Waals surface area (Å²) in [6.45, 7) is 0. The van der Waals surface area contributed by atoms with Gasteiger partial charge < -0.3 is 13.4 Å². The second-order valence-corrected chi connectivity index (χ2v) is 25.0. The van der Waals surface area contributed by atoms with Crippen molar-refractivity contribution in [1.29, 1.82) is 0 Å². The van der Waals surface area contributed by atoms with Gasteiger partial charge in [-0.2, -0.15) is 0 Å². The minimum Gasteiger partial charge on any atom is -0.455 e. The first-order valence-electron chi connectivity index (χ1n) is 32.6. The zero-order valence-corrected chi connectivity index (χ0v) is 51.7. The Morgan fingerprint density at radius 3 is 0.916 bits per heavy atom. The summed E-state index contributed by atoms with van der Waals surface area (Å²) in [5, 5.41) is 11.5. The van der Waals surface area contributed by atoms with Crippen LogP contribution in [0, 0.1) is 0 Å². The molecule has 0 atom stereocenters. The van der Waals surface area contributed by atoms with Crippen molar-refractivity contribution >= 4 is 87.2 Å². The Balaban J connectivity index is 0.820. The largest absolute Gasteiger partial charge is 0.455 e. The van der Waals surface area contributed by atoms with Gasteiger partial charge in [-0.25, -0.2) is 0 Å². The summed E-state index contributed by atoms with van der Waals surface area (Å²) in [7, 11) is 0. The summed E-state index contributed by atoms with van der Waals surface area (Å²) in [6.07, 6.45) is 0. The average molecular weight is 1210 g/mol. The van der Waals surface area contributed by atoms with Crippen LogP contribution in [0.5, 0.6) is 0 Å². The van der Waals surface area contributed by atoms with Gasteiger partial charge in [0.25, 0.3) is 0 Å². The molecular weight excluding hydrogens is 1150 g/mol. The van der Waals surface area contributed by atoms with Crippen LogP contribution in [-0.2, 0) is 0 Å². The number of hydrogen-bond donors (Lipinski definition) is 0. The molecule has 442 valence electrons. The molecule has 3 nitrogen and oxygen atoms in total. The summed E-state index contributed by atoms with van der Waals surface area (Å²) in [4.78, 5) is 0. The first-order chi connectivity index (χ1) is 47.1. The lowest BCUT2D eigenvalue weighted by molar-refractivity contribution is 0.669. The number of fused-ring (bicyclic) bond motifs is 11. The Bertz CT molecular complexity index is 5950. The molecule has 3 aromatic heterocycles. The van der Waals surface area contributed by atoms with E-state index in [1.807, 2.05) is 0 Å². The number of furan rings is 2. The highest BCUT2D eigenvalue weighted by Gasteiger charge is 2.23. The highest BCUT2D eigenvalue weighted by molar-refractivity contribution is 6.23. The minimum atomic E-state index is 0.855. The van der Waals surface area contributed by atoms with E-state index < -0.39 is 0 Å². The van der Waals surface area contributed by atoms with Gasteiger partial charge in [-0.3, -0.25) is 0 Å². The van der Waals surface area contributed by atoms with E-state index in [2.05, 4.69) is 350 Å². The molecule has 0 aliphatic rings. The van der Waals surface area contributed by atoms with Crippen molar-refractivity contribution in [2.24, 2.45) is 0 Å². The highest BCUT2D eigenvalue weighted by atomic mass is 16.3. The predicted octanol–water partition coefficient (Wildman–Crippen LogP) is 25.9. The molecule has 0 spiro atoms. The number of hydrogen-bond acceptors (Lipinski definition) is 2. The number of benzene rings is 16. The van der Waals surface area contributed by atoms with Crippen molar-refractivity contribution < 1.29 is 8.83 Å². The van der Waals surface area contributed by atoms with Crippen molar-refractivity contribution in [2.75, 3.05) is 0 Å². The van der Waals surface area contributed by atoms with Crippen LogP contribution in [0.3, 0.4) is 0 Å². The minimum absolute atomic E-state index is 0.855. The van der Waals surface area contributed by atoms with E-state index in [1.165, 1.54) is 54.9 Å². The first kappa shape index (κ1) is 54.2. The van der Waals surface area contributed by atoms with Gasteiger partial charge in [0.15, 0.2) is 0 Å². The van der Waals surface area contributed by atoms with E-state index in [4.69, 9.17) is 8.83 Å². The molecule has 16 aromatic carbocycles. The predicted molar refractivity (Wildman–Crippen MR) is 399 cm³/mol. The summed E-state index contributed by atoms with van der Waals surface area (Å²) in [5.41, 5.74) is 27.3. The molecule has 0 saturated heterocycles. The highest BCUT2D eigenvalue weighted by Crippen LogP contribution is 2.48. The standard InChI is InChI=1S/C92H57NO2/c1-7-21-58(22-8-1)66-40-47-87-80(49-66)83-56-70(60-25-11-3-12-26-60)54-76(91(83)94-87)68-38-45-85-78(52-68)79-53-69(77-55-71(61-27-13-4-14-28-61)57-84-81-50-67(59-23-9-2-10-24-59)41-48-88(81)95-92(77)84)39-46-86(79)93(85)72-42-35-62(36-43-72)65-37-44-75-82(51-65)90(64-31-17-6-18-32-64)74-34-20-19-33-73(74)89(75)63-29-15-5-16-30-63/h1-57H. The summed E-state index contributed by atoms with van der Waals surface area (Å²) in [5.74, 6) is 0. The van der Waals surface area contributed by atoms with Crippen molar-refractivity contribution in [2.45, 2.75) is 0 Å². The second-order valence-electron chi connectivity index (χ2n) is 25.0. The number of rotatable bonds is 10. The van der Waals surface area contributed by atoms with Crippen molar-refractivity contribution in [3.8, 4) is 106 Å². The Hall–Kier alpha value is -12.6. The summed E-state index contributed by atoms with van der Waals surface area (Å²) < 4.78 is 16.5. The van der Waals surface area contributed by atoms with Crippen LogP contribution >= 0.6 is 0 Å². The topological polar surface area (TPSA) is 31.2 Å². The van der Waals surface area contributed by atoms with Gasteiger partial charge in [0.2, 0.25) is 0 Å². The van der Waals surface area contributed by atoms with Gasteiger partial charge in [0.1, 0.15) is 22.3 Å². The van der Waals surface area contributed by atoms with Gasteiger partial charge in [0.05, 0.1) is 11.0 Å². The molecule has 3 heterocycles. The molecule has 0 fully saturated rings. The van der Waals surface area contributed by atoms with Crippen LogP contribution in [0.4, 0.5) is 0 Å². The smallest absolute Gasteiger partial charge is 0.143 e. The maximum absolute atomic E-state index is 7.05. The third kappa shape index (κ3) is 9.12. The molecule has 0 unspecified atom stereocenters. The quantitative estimate of drug-likeness (QED) is 0.128. The van der Waals surface area contributed by atoms with E-state index in [0.717, 1.165) is 138 Å². The molecule has 0 radical (unpaired) electrons. The maximum Gasteiger partial charge on any atom is 0.143 e. The fourth-order valence-corrected chi connectivity index (χ4v) is 15.0. The van der Waals surface area contributed by atoms with Gasteiger partial charge in [-0.15, -0.1) is 0 Å². The molecule has 19 rings (SSSR count). The van der Waals surface area contributed by atoms with Gasteiger partial charge in [-0.05, 0) is 202 Å². The number of aromatic nitrogens is 1. The third-order valence-electron chi connectivity index (χ3n) is 19.6. The maximum atomic E-state index is 7.05. The molecule has 0 aliphatic heterocycles. The first-order valence-corrected chi connectivity index (χ1v) is 32.6. The van der Waals surface area contributed by atoms with Crippen molar-refractivity contribution in [3.63, 3.8) is 0 Å². The Labute approximate surface area is 548 Å². The van der Waals surface area contributed by atoms with Gasteiger partial charge >= 0.3 is 0 Å². The zero-order chi connectivity index (χ0) is 62.5. The van der Waals surface area contributed by atoms with E-state index >= 15 is 0 Å². The van der Waals surface area contributed by atoms with Crippen LogP contribution in [0.2, 0.25) is 0 Å². The molecule has 0 bridgehead atoms. The molecule has 3 heteroatoms. The Morgan fingerprint density at radius 1 is 0.179 bits per heavy atom. The molecular formula is C92H57NO2. The lowest BCUT2D eigenvalue weighted by Gasteiger charge is -2.19. The number of nitrogens with zero attached hydrogens (tertiary/aromatic N) is 1. The Morgan fingerprint density at radius 2 is 0.484 bits per heavy atom. The molecule has 0 saturated carbocycles. The fraction of sp³-hybridized carbons (Fsp3) is 0. The van der Waals surface area contributed by atoms with Crippen LogP contribution in [-0.4, -0.2) is 4.57 Å². The summed E-state index contributed by atoms with van der Waals surface area (Å²) >= 11 is 0. The second kappa shape index (κ2) is 22.1. The molecule has 0 N–H and O–H groups in total.